The zero-order valence-corrected chi connectivity index (χ0v) is 13.2. The molecule has 2 rings (SSSR count). The Morgan fingerprint density at radius 3 is 2.35 bits per heavy atom. The monoisotopic (exact) mass is 299 g/mol. The molecule has 0 radical (unpaired) electrons. The van der Waals surface area contributed by atoms with Crippen LogP contribution in [0.25, 0.3) is 0 Å². The number of halogens is 1. The normalized spacial score (nSPS) is 21.9. The molecule has 2 atom stereocenters. The molecule has 1 aliphatic rings. The van der Waals surface area contributed by atoms with Gasteiger partial charge in [-0.25, -0.2) is 0 Å². The number of nitrogens with two attached hydrogens (primary N) is 1. The molecule has 0 bridgehead atoms. The standard InChI is InChI=1S/C16H25NO2.ClH/c1-3-18-15-10-9-12(11-16(15)19-4-2)13-7-5-6-8-14(13)17;/h9-11,13-14H,3-8,17H2,1-2H3;1H. The molecule has 2 N–H and O–H groups in total. The quantitative estimate of drug-likeness (QED) is 0.897. The Morgan fingerprint density at radius 1 is 1.05 bits per heavy atom. The van der Waals surface area contributed by atoms with E-state index in [1.54, 1.807) is 0 Å². The lowest BCUT2D eigenvalue weighted by atomic mass is 9.80. The van der Waals surface area contributed by atoms with Crippen LogP contribution in [0.5, 0.6) is 11.5 Å². The molecule has 1 fully saturated rings. The van der Waals surface area contributed by atoms with Crippen LogP contribution in [0.2, 0.25) is 0 Å². The molecule has 0 heterocycles. The molecule has 3 nitrogen and oxygen atoms in total. The van der Waals surface area contributed by atoms with Crippen LogP contribution >= 0.6 is 12.4 Å². The van der Waals surface area contributed by atoms with Gasteiger partial charge < -0.3 is 15.2 Å². The zero-order valence-electron chi connectivity index (χ0n) is 12.4. The van der Waals surface area contributed by atoms with Crippen molar-refractivity contribution in [2.75, 3.05) is 13.2 Å². The minimum atomic E-state index is 0. The summed E-state index contributed by atoms with van der Waals surface area (Å²) in [4.78, 5) is 0. The summed E-state index contributed by atoms with van der Waals surface area (Å²) in [5.74, 6) is 2.14. The molecule has 114 valence electrons. The summed E-state index contributed by atoms with van der Waals surface area (Å²) in [6, 6.07) is 6.56. The Labute approximate surface area is 128 Å². The van der Waals surface area contributed by atoms with Gasteiger partial charge in [0.2, 0.25) is 0 Å². The second kappa shape index (κ2) is 8.38. The second-order valence-electron chi connectivity index (χ2n) is 5.13. The van der Waals surface area contributed by atoms with Crippen LogP contribution in [0.15, 0.2) is 18.2 Å². The average Bonchev–Trinajstić information content (AvgIpc) is 2.42. The van der Waals surface area contributed by atoms with E-state index >= 15 is 0 Å². The highest BCUT2D eigenvalue weighted by molar-refractivity contribution is 5.85. The van der Waals surface area contributed by atoms with Crippen molar-refractivity contribution in [1.29, 1.82) is 0 Å². The fourth-order valence-electron chi connectivity index (χ4n) is 2.87. The Balaban J connectivity index is 0.00000200. The van der Waals surface area contributed by atoms with Crippen LogP contribution in [-0.4, -0.2) is 19.3 Å². The van der Waals surface area contributed by atoms with Crippen molar-refractivity contribution in [3.8, 4) is 11.5 Å². The molecule has 0 aliphatic heterocycles. The van der Waals surface area contributed by atoms with E-state index in [2.05, 4.69) is 12.1 Å². The number of benzene rings is 1. The first-order chi connectivity index (χ1) is 9.26. The third-order valence-electron chi connectivity index (χ3n) is 3.82. The lowest BCUT2D eigenvalue weighted by Crippen LogP contribution is -2.31. The van der Waals surface area contributed by atoms with Crippen LogP contribution in [-0.2, 0) is 0 Å². The van der Waals surface area contributed by atoms with E-state index < -0.39 is 0 Å². The first-order valence-electron chi connectivity index (χ1n) is 7.41. The van der Waals surface area contributed by atoms with Gasteiger partial charge in [-0.2, -0.15) is 0 Å². The van der Waals surface area contributed by atoms with Crippen LogP contribution in [0.4, 0.5) is 0 Å². The first kappa shape index (κ1) is 17.1. The predicted molar refractivity (Wildman–Crippen MR) is 85.2 cm³/mol. The summed E-state index contributed by atoms with van der Waals surface area (Å²) < 4.78 is 11.3. The van der Waals surface area contributed by atoms with Gasteiger partial charge in [-0.05, 0) is 50.3 Å². The van der Waals surface area contributed by atoms with Gasteiger partial charge in [0.05, 0.1) is 13.2 Å². The molecule has 0 saturated heterocycles. The largest absolute Gasteiger partial charge is 0.490 e. The Morgan fingerprint density at radius 2 is 1.70 bits per heavy atom. The van der Waals surface area contributed by atoms with Crippen molar-refractivity contribution in [1.82, 2.24) is 0 Å². The third-order valence-corrected chi connectivity index (χ3v) is 3.82. The minimum absolute atomic E-state index is 0. The Kier molecular flexibility index (Phi) is 7.17. The van der Waals surface area contributed by atoms with E-state index in [0.717, 1.165) is 17.9 Å². The van der Waals surface area contributed by atoms with Crippen molar-refractivity contribution < 1.29 is 9.47 Å². The number of ether oxygens (including phenoxy) is 2. The van der Waals surface area contributed by atoms with E-state index in [1.165, 1.54) is 24.8 Å². The topological polar surface area (TPSA) is 44.5 Å². The number of hydrogen-bond acceptors (Lipinski definition) is 3. The summed E-state index contributed by atoms with van der Waals surface area (Å²) >= 11 is 0. The Bertz CT molecular complexity index is 411. The van der Waals surface area contributed by atoms with Crippen molar-refractivity contribution >= 4 is 12.4 Å². The summed E-state index contributed by atoms with van der Waals surface area (Å²) in [5, 5.41) is 0. The van der Waals surface area contributed by atoms with Gasteiger partial charge in [0.15, 0.2) is 11.5 Å². The maximum Gasteiger partial charge on any atom is 0.161 e. The van der Waals surface area contributed by atoms with Crippen molar-refractivity contribution in [3.05, 3.63) is 23.8 Å². The maximum absolute atomic E-state index is 6.26. The lowest BCUT2D eigenvalue weighted by molar-refractivity contribution is 0.286. The molecule has 1 aromatic carbocycles. The first-order valence-corrected chi connectivity index (χ1v) is 7.41. The fraction of sp³-hybridized carbons (Fsp3) is 0.625. The molecular weight excluding hydrogens is 274 g/mol. The summed E-state index contributed by atoms with van der Waals surface area (Å²) in [7, 11) is 0. The van der Waals surface area contributed by atoms with Gasteiger partial charge in [-0.1, -0.05) is 18.9 Å². The van der Waals surface area contributed by atoms with Gasteiger partial charge in [0, 0.05) is 6.04 Å². The van der Waals surface area contributed by atoms with Crippen molar-refractivity contribution in [2.24, 2.45) is 5.73 Å². The zero-order chi connectivity index (χ0) is 13.7. The van der Waals surface area contributed by atoms with E-state index in [1.807, 2.05) is 19.9 Å². The summed E-state index contributed by atoms with van der Waals surface area (Å²) in [5.41, 5.74) is 7.55. The molecule has 1 saturated carbocycles. The van der Waals surface area contributed by atoms with E-state index in [9.17, 15) is 0 Å². The highest BCUT2D eigenvalue weighted by Crippen LogP contribution is 2.36. The second-order valence-corrected chi connectivity index (χ2v) is 5.13. The molecule has 0 aromatic heterocycles. The molecule has 0 amide bonds. The highest BCUT2D eigenvalue weighted by atomic mass is 35.5. The molecule has 4 heteroatoms. The summed E-state index contributed by atoms with van der Waals surface area (Å²) in [6.45, 7) is 5.29. The minimum Gasteiger partial charge on any atom is -0.490 e. The molecule has 2 unspecified atom stereocenters. The SMILES string of the molecule is CCOc1ccc(C2CCCCC2N)cc1OCC.Cl. The van der Waals surface area contributed by atoms with Gasteiger partial charge in [-0.3, -0.25) is 0 Å². The van der Waals surface area contributed by atoms with Gasteiger partial charge in [0.1, 0.15) is 0 Å². The highest BCUT2D eigenvalue weighted by Gasteiger charge is 2.24. The van der Waals surface area contributed by atoms with Crippen LogP contribution in [0.1, 0.15) is 51.0 Å². The van der Waals surface area contributed by atoms with Gasteiger partial charge >= 0.3 is 0 Å². The average molecular weight is 300 g/mol. The van der Waals surface area contributed by atoms with Crippen LogP contribution in [0.3, 0.4) is 0 Å². The van der Waals surface area contributed by atoms with E-state index in [4.69, 9.17) is 15.2 Å². The lowest BCUT2D eigenvalue weighted by Gasteiger charge is -2.29. The molecule has 20 heavy (non-hydrogen) atoms. The van der Waals surface area contributed by atoms with Gasteiger partial charge in [0.25, 0.3) is 0 Å². The van der Waals surface area contributed by atoms with E-state index in [-0.39, 0.29) is 18.4 Å². The van der Waals surface area contributed by atoms with Crippen LogP contribution in [0, 0.1) is 0 Å². The van der Waals surface area contributed by atoms with E-state index in [0.29, 0.717) is 19.1 Å². The van der Waals surface area contributed by atoms with Gasteiger partial charge in [-0.15, -0.1) is 12.4 Å². The van der Waals surface area contributed by atoms with Crippen molar-refractivity contribution in [3.63, 3.8) is 0 Å². The molecule has 0 spiro atoms. The molecule has 1 aliphatic carbocycles. The fourth-order valence-corrected chi connectivity index (χ4v) is 2.87. The Hall–Kier alpha value is -0.930. The smallest absolute Gasteiger partial charge is 0.161 e. The predicted octanol–water partition coefficient (Wildman–Crippen LogP) is 3.89. The third kappa shape index (κ3) is 4.03. The number of rotatable bonds is 5. The molecular formula is C16H26ClNO2. The van der Waals surface area contributed by atoms with Crippen LogP contribution < -0.4 is 15.2 Å². The molecule has 1 aromatic rings. The number of hydrogen-bond donors (Lipinski definition) is 1. The summed E-state index contributed by atoms with van der Waals surface area (Å²) in [6.07, 6.45) is 4.84. The van der Waals surface area contributed by atoms with Crippen molar-refractivity contribution in [2.45, 2.75) is 51.5 Å². The maximum atomic E-state index is 6.26.